The molecule has 4 rings (SSSR count). The van der Waals surface area contributed by atoms with Crippen LogP contribution in [0.5, 0.6) is 0 Å². The fraction of sp³-hybridized carbons (Fsp3) is 0.0588. The molecule has 0 aliphatic rings. The molecule has 1 N–H and O–H groups in total. The summed E-state index contributed by atoms with van der Waals surface area (Å²) in [6.45, 7) is 0. The number of nitrogens with one attached hydrogen (secondary N) is 1. The molecule has 0 unspecified atom stereocenters. The van der Waals surface area contributed by atoms with Crippen molar-refractivity contribution in [3.8, 4) is 0 Å². The molecule has 0 fully saturated rings. The van der Waals surface area contributed by atoms with E-state index < -0.39 is 5.54 Å². The highest BCUT2D eigenvalue weighted by Crippen LogP contribution is 2.39. The molecule has 0 saturated heterocycles. The van der Waals surface area contributed by atoms with Gasteiger partial charge in [0.1, 0.15) is 23.9 Å². The Morgan fingerprint density at radius 2 is 1.32 bits per heavy atom. The maximum absolute atomic E-state index is 6.10. The second-order valence-corrected chi connectivity index (χ2v) is 6.32. The van der Waals surface area contributed by atoms with Gasteiger partial charge in [-0.3, -0.25) is 4.57 Å². The van der Waals surface area contributed by atoms with Gasteiger partial charge in [-0.2, -0.15) is 15.4 Å². The minimum absolute atomic E-state index is 0.651. The zero-order valence-electron chi connectivity index (χ0n) is 12.8. The first-order chi connectivity index (χ1) is 12.2. The number of aromatic amines is 1. The summed E-state index contributed by atoms with van der Waals surface area (Å²) in [7, 11) is 0. The fourth-order valence-corrected chi connectivity index (χ4v) is 3.28. The van der Waals surface area contributed by atoms with Crippen molar-refractivity contribution in [1.82, 2.24) is 30.2 Å². The summed E-state index contributed by atoms with van der Waals surface area (Å²) in [6, 6.07) is 15.2. The average Bonchev–Trinajstić information content (AvgIpc) is 3.33. The zero-order chi connectivity index (χ0) is 17.3. The Bertz CT molecular complexity index is 866. The van der Waals surface area contributed by atoms with Crippen LogP contribution in [0.3, 0.4) is 0 Å². The summed E-state index contributed by atoms with van der Waals surface area (Å²) in [6.07, 6.45) is 4.99. The second kappa shape index (κ2) is 6.31. The zero-order valence-corrected chi connectivity index (χ0v) is 14.4. The molecule has 25 heavy (non-hydrogen) atoms. The van der Waals surface area contributed by atoms with Crippen LogP contribution in [0, 0.1) is 0 Å². The monoisotopic (exact) mass is 370 g/mol. The standard InChI is InChI=1S/C17H12Cl2N6/c18-14-5-1-12(2-6-14)17(16-9-20-24-23-16,25-10-21-22-11-25)13-3-7-15(19)8-4-13/h1-11H,(H,20,23,24). The Morgan fingerprint density at radius 1 is 0.800 bits per heavy atom. The van der Waals surface area contributed by atoms with Gasteiger partial charge in [-0.25, -0.2) is 0 Å². The Morgan fingerprint density at radius 3 is 1.76 bits per heavy atom. The van der Waals surface area contributed by atoms with Crippen molar-refractivity contribution >= 4 is 23.2 Å². The molecule has 0 bridgehead atoms. The number of halogens is 2. The van der Waals surface area contributed by atoms with Gasteiger partial charge in [-0.15, -0.1) is 10.2 Å². The Labute approximate surface area is 153 Å². The number of nitrogens with zero attached hydrogens (tertiary/aromatic N) is 5. The van der Waals surface area contributed by atoms with E-state index in [-0.39, 0.29) is 0 Å². The minimum Gasteiger partial charge on any atom is -0.300 e. The average molecular weight is 371 g/mol. The minimum atomic E-state index is -0.814. The first-order valence-corrected chi connectivity index (χ1v) is 8.20. The topological polar surface area (TPSA) is 72.3 Å². The molecule has 2 heterocycles. The van der Waals surface area contributed by atoms with E-state index in [1.54, 1.807) is 18.9 Å². The quantitative estimate of drug-likeness (QED) is 0.596. The normalized spacial score (nSPS) is 11.6. The third-order valence-corrected chi connectivity index (χ3v) is 4.62. The first kappa shape index (κ1) is 15.8. The van der Waals surface area contributed by atoms with E-state index in [1.807, 2.05) is 53.1 Å². The van der Waals surface area contributed by atoms with Crippen molar-refractivity contribution in [3.63, 3.8) is 0 Å². The number of hydrogen-bond donors (Lipinski definition) is 1. The van der Waals surface area contributed by atoms with Gasteiger partial charge in [-0.1, -0.05) is 47.5 Å². The molecule has 0 amide bonds. The predicted molar refractivity (Wildman–Crippen MR) is 94.6 cm³/mol. The number of rotatable bonds is 4. The van der Waals surface area contributed by atoms with Gasteiger partial charge in [0.05, 0.1) is 6.20 Å². The molecular formula is C17H12Cl2N6. The van der Waals surface area contributed by atoms with Crippen LogP contribution in [-0.4, -0.2) is 30.2 Å². The summed E-state index contributed by atoms with van der Waals surface area (Å²) in [5.41, 5.74) is 1.75. The Kier molecular flexibility index (Phi) is 3.99. The molecule has 0 spiro atoms. The van der Waals surface area contributed by atoms with E-state index >= 15 is 0 Å². The van der Waals surface area contributed by atoms with Gasteiger partial charge in [0, 0.05) is 10.0 Å². The van der Waals surface area contributed by atoms with Crippen molar-refractivity contribution in [2.45, 2.75) is 5.54 Å². The molecular weight excluding hydrogens is 359 g/mol. The van der Waals surface area contributed by atoms with Crippen molar-refractivity contribution in [3.05, 3.63) is 94.2 Å². The summed E-state index contributed by atoms with van der Waals surface area (Å²) in [4.78, 5) is 0. The fourth-order valence-electron chi connectivity index (χ4n) is 3.02. The Hall–Kier alpha value is -2.70. The number of benzene rings is 2. The smallest absolute Gasteiger partial charge is 0.143 e. The lowest BCUT2D eigenvalue weighted by Crippen LogP contribution is -2.37. The van der Waals surface area contributed by atoms with Gasteiger partial charge in [0.15, 0.2) is 0 Å². The molecule has 0 radical (unpaired) electrons. The third kappa shape index (κ3) is 2.59. The molecule has 0 aliphatic heterocycles. The largest absolute Gasteiger partial charge is 0.300 e. The molecule has 0 atom stereocenters. The van der Waals surface area contributed by atoms with E-state index in [0.29, 0.717) is 15.7 Å². The summed E-state index contributed by atoms with van der Waals surface area (Å²) in [5, 5.41) is 20.3. The number of H-pyrrole nitrogens is 1. The van der Waals surface area contributed by atoms with Crippen molar-refractivity contribution in [2.24, 2.45) is 0 Å². The Balaban J connectivity index is 2.08. The highest BCUT2D eigenvalue weighted by molar-refractivity contribution is 6.30. The summed E-state index contributed by atoms with van der Waals surface area (Å²) in [5.74, 6) is 0. The lowest BCUT2D eigenvalue weighted by atomic mass is 9.80. The van der Waals surface area contributed by atoms with E-state index in [9.17, 15) is 0 Å². The van der Waals surface area contributed by atoms with Crippen LogP contribution in [0.2, 0.25) is 10.0 Å². The van der Waals surface area contributed by atoms with Crippen LogP contribution < -0.4 is 0 Å². The van der Waals surface area contributed by atoms with Gasteiger partial charge < -0.3 is 0 Å². The van der Waals surface area contributed by atoms with Gasteiger partial charge in [0.25, 0.3) is 0 Å². The molecule has 2 aromatic heterocycles. The van der Waals surface area contributed by atoms with Crippen LogP contribution >= 0.6 is 23.2 Å². The lowest BCUT2D eigenvalue weighted by molar-refractivity contribution is 0.497. The molecule has 0 saturated carbocycles. The van der Waals surface area contributed by atoms with Gasteiger partial charge in [-0.05, 0) is 35.4 Å². The highest BCUT2D eigenvalue weighted by Gasteiger charge is 2.41. The van der Waals surface area contributed by atoms with Crippen LogP contribution in [0.4, 0.5) is 0 Å². The van der Waals surface area contributed by atoms with Crippen LogP contribution in [0.25, 0.3) is 0 Å². The molecule has 6 nitrogen and oxygen atoms in total. The van der Waals surface area contributed by atoms with Crippen LogP contribution in [0.1, 0.15) is 16.8 Å². The summed E-state index contributed by atoms with van der Waals surface area (Å²) >= 11 is 12.2. The molecule has 2 aromatic carbocycles. The van der Waals surface area contributed by atoms with Crippen LogP contribution in [0.15, 0.2) is 67.4 Å². The van der Waals surface area contributed by atoms with E-state index in [1.165, 1.54) is 0 Å². The molecule has 8 heteroatoms. The van der Waals surface area contributed by atoms with Crippen molar-refractivity contribution in [2.75, 3.05) is 0 Å². The number of aromatic nitrogens is 6. The van der Waals surface area contributed by atoms with Crippen molar-refractivity contribution in [1.29, 1.82) is 0 Å². The second-order valence-electron chi connectivity index (χ2n) is 5.45. The maximum Gasteiger partial charge on any atom is 0.143 e. The van der Waals surface area contributed by atoms with Crippen molar-refractivity contribution < 1.29 is 0 Å². The lowest BCUT2D eigenvalue weighted by Gasteiger charge is -2.34. The van der Waals surface area contributed by atoms with Gasteiger partial charge >= 0.3 is 0 Å². The third-order valence-electron chi connectivity index (χ3n) is 4.12. The van der Waals surface area contributed by atoms with Crippen LogP contribution in [-0.2, 0) is 5.54 Å². The highest BCUT2D eigenvalue weighted by atomic mass is 35.5. The predicted octanol–water partition coefficient (Wildman–Crippen LogP) is 3.54. The summed E-state index contributed by atoms with van der Waals surface area (Å²) < 4.78 is 1.89. The SMILES string of the molecule is Clc1ccc(C(c2ccc(Cl)cc2)(c2cn[nH]n2)n2cnnc2)cc1. The molecule has 4 aromatic rings. The maximum atomic E-state index is 6.10. The van der Waals surface area contributed by atoms with E-state index in [0.717, 1.165) is 11.1 Å². The van der Waals surface area contributed by atoms with E-state index in [4.69, 9.17) is 23.2 Å². The molecule has 124 valence electrons. The molecule has 0 aliphatic carbocycles. The number of hydrogen-bond acceptors (Lipinski definition) is 4. The first-order valence-electron chi connectivity index (χ1n) is 7.44. The van der Waals surface area contributed by atoms with Gasteiger partial charge in [0.2, 0.25) is 0 Å². The van der Waals surface area contributed by atoms with E-state index in [2.05, 4.69) is 25.6 Å².